The number of benzene rings is 6. The normalized spacial score (nSPS) is 24.8. The molecule has 93 heavy (non-hydrogen) atoms. The van der Waals surface area contributed by atoms with E-state index in [1.807, 2.05) is 48.5 Å². The molecule has 6 aromatic rings. The van der Waals surface area contributed by atoms with E-state index in [9.17, 15) is 42.2 Å². The van der Waals surface area contributed by atoms with Crippen LogP contribution in [-0.2, 0) is 56.0 Å². The zero-order valence-electron chi connectivity index (χ0n) is 52.9. The van der Waals surface area contributed by atoms with Gasteiger partial charge in [-0.3, -0.25) is 14.4 Å². The highest BCUT2D eigenvalue weighted by Crippen LogP contribution is 2.66. The third-order valence-electron chi connectivity index (χ3n) is 18.7. The lowest BCUT2D eigenvalue weighted by atomic mass is 9.47. The Morgan fingerprint density at radius 3 is 1.11 bits per heavy atom. The monoisotopic (exact) mass is 1330 g/mol. The molecule has 0 aromatic heterocycles. The number of esters is 2. The van der Waals surface area contributed by atoms with E-state index < -0.39 is 90.9 Å². The summed E-state index contributed by atoms with van der Waals surface area (Å²) in [5, 5.41) is 53.1. The summed E-state index contributed by atoms with van der Waals surface area (Å²) in [6, 6.07) is 65.1. The van der Waals surface area contributed by atoms with Crippen molar-refractivity contribution in [1.82, 2.24) is 0 Å². The predicted molar refractivity (Wildman–Crippen MR) is 348 cm³/mol. The predicted octanol–water partition coefficient (Wildman–Crippen LogP) is 11.6. The molecule has 0 radical (unpaired) electrons. The number of hydrogen-bond acceptors (Lipinski definition) is 13. The van der Waals surface area contributed by atoms with Crippen LogP contribution in [0, 0.1) is 57.2 Å². The van der Waals surface area contributed by atoms with Gasteiger partial charge in [0, 0.05) is 49.3 Å². The average Bonchev–Trinajstić information content (AvgIpc) is 0.707. The van der Waals surface area contributed by atoms with Crippen molar-refractivity contribution in [3.63, 3.8) is 0 Å². The number of carbonyl (C=O) groups excluding carboxylic acids is 3. The summed E-state index contributed by atoms with van der Waals surface area (Å²) in [5.41, 5.74) is -3.29. The van der Waals surface area contributed by atoms with Crippen molar-refractivity contribution in [3.05, 3.63) is 188 Å². The fourth-order valence-corrected chi connectivity index (χ4v) is 17.1. The van der Waals surface area contributed by atoms with Crippen LogP contribution in [0.4, 0.5) is 17.6 Å². The van der Waals surface area contributed by atoms with Crippen LogP contribution in [0.15, 0.2) is 213 Å². The van der Waals surface area contributed by atoms with Gasteiger partial charge in [0.05, 0.1) is 85.4 Å². The van der Waals surface area contributed by atoms with Gasteiger partial charge in [-0.25, -0.2) is 17.6 Å². The van der Waals surface area contributed by atoms with E-state index >= 15 is 0 Å². The standard InChI is InChI=1S/C19H28F2O6.C18H15S.C14H18F2O3.C12H10S.C6H6.C5H12O4/c1-16(20,21)9-25-15(24)18-4-12-2-13(5-18)19(14(3-12)6-18)26-10-17(7-22,8-23)11-27-19;1-4-10-16(11-5-1)19(17-12-6-2-7-13-17)18-14-8-3-9-15-18;1-13(15,16)7-19-12(18)14-4-8-2-9(5-14)11(17)10(3-8)6-14;1-3-7-11(8-4-1)13-12-9-5-2-6-10-12;1-2-4-6-5-3-1;6-1-5(2-7,3-8)4-9/h12-14,22-23H,2-11H2,1H3;1-15H;8-10H,2-7H2,1H3;1-10H;1-6H;6-9H,1-4H2/q;+1;;;;/p+1. The van der Waals surface area contributed by atoms with Crippen LogP contribution in [0.25, 0.3) is 0 Å². The third-order valence-corrected chi connectivity index (χ3v) is 22.0. The molecule has 8 saturated carbocycles. The summed E-state index contributed by atoms with van der Waals surface area (Å²) >= 11 is 1.28. The van der Waals surface area contributed by atoms with Crippen LogP contribution in [0.3, 0.4) is 0 Å². The van der Waals surface area contributed by atoms with Gasteiger partial charge >= 0.3 is 11.9 Å². The van der Waals surface area contributed by atoms with Gasteiger partial charge in [0.2, 0.25) is 0 Å². The molecule has 9 fully saturated rings. The smallest absolute Gasteiger partial charge is 0.312 e. The molecule has 6 aromatic carbocycles. The first-order valence-electron chi connectivity index (χ1n) is 31.9. The largest absolute Gasteiger partial charge is 0.459 e. The van der Waals surface area contributed by atoms with Crippen LogP contribution in [-0.4, -0.2) is 132 Å². The van der Waals surface area contributed by atoms with Crippen molar-refractivity contribution in [2.24, 2.45) is 57.2 Å². The highest BCUT2D eigenvalue weighted by Gasteiger charge is 2.68. The second kappa shape index (κ2) is 33.1. The minimum atomic E-state index is -3.04. The van der Waals surface area contributed by atoms with E-state index in [1.165, 1.54) is 36.2 Å². The van der Waals surface area contributed by atoms with Gasteiger partial charge in [-0.2, -0.15) is 0 Å². The Bertz CT molecular complexity index is 2990. The van der Waals surface area contributed by atoms with Gasteiger partial charge in [0.15, 0.2) is 43.5 Å². The third kappa shape index (κ3) is 19.2. The van der Waals surface area contributed by atoms with Gasteiger partial charge in [-0.1, -0.05) is 127 Å². The average molecular weight is 1330 g/mol. The summed E-state index contributed by atoms with van der Waals surface area (Å²) in [4.78, 5) is 43.6. The van der Waals surface area contributed by atoms with Crippen LogP contribution in [0.1, 0.15) is 78.1 Å². The lowest BCUT2D eigenvalue weighted by molar-refractivity contribution is -0.391. The molecule has 502 valence electrons. The van der Waals surface area contributed by atoms with Crippen molar-refractivity contribution in [2.75, 3.05) is 66.1 Å². The van der Waals surface area contributed by atoms with Crippen molar-refractivity contribution in [1.29, 1.82) is 0 Å². The molecule has 1 saturated heterocycles. The molecule has 4 atom stereocenters. The first-order chi connectivity index (χ1) is 44.6. The molecule has 6 N–H and O–H groups in total. The summed E-state index contributed by atoms with van der Waals surface area (Å²) < 4.78 is 74.0. The van der Waals surface area contributed by atoms with Crippen molar-refractivity contribution in [2.45, 2.75) is 120 Å². The number of halogens is 4. The van der Waals surface area contributed by atoms with Gasteiger partial charge in [0.25, 0.3) is 11.8 Å². The molecular weight excluding hydrogens is 1240 g/mol. The molecule has 15 rings (SSSR count). The molecule has 1 aliphatic heterocycles. The zero-order chi connectivity index (χ0) is 66.8. The maximum atomic E-state index is 13.1. The maximum Gasteiger partial charge on any atom is 0.312 e. The van der Waals surface area contributed by atoms with Crippen molar-refractivity contribution >= 4 is 40.4 Å². The van der Waals surface area contributed by atoms with E-state index in [-0.39, 0.29) is 66.8 Å². The Labute approximate surface area is 550 Å². The molecule has 8 bridgehead atoms. The number of thiol groups is 1. The number of aliphatic hydroxyl groups excluding tert-OH is 6. The highest BCUT2D eigenvalue weighted by molar-refractivity contribution is 7.97. The molecule has 1 heterocycles. The number of carbonyl (C=O) groups is 3. The van der Waals surface area contributed by atoms with Gasteiger partial charge in [0.1, 0.15) is 5.78 Å². The maximum absolute atomic E-state index is 13.1. The Kier molecular flexibility index (Phi) is 25.9. The number of alkyl halides is 4. The quantitative estimate of drug-likeness (QED) is 0.0218. The Morgan fingerprint density at radius 1 is 0.484 bits per heavy atom. The summed E-state index contributed by atoms with van der Waals surface area (Å²) in [7, 11) is -0.0146. The molecule has 4 unspecified atom stereocenters. The zero-order valence-corrected chi connectivity index (χ0v) is 54.6. The highest BCUT2D eigenvalue weighted by atomic mass is 32.2. The van der Waals surface area contributed by atoms with E-state index in [0.717, 1.165) is 39.5 Å². The number of ketones is 1. The number of ether oxygens (including phenoxy) is 4. The summed E-state index contributed by atoms with van der Waals surface area (Å²) in [6.07, 6.45) is 6.92. The topological polar surface area (TPSA) is 210 Å². The van der Waals surface area contributed by atoms with Gasteiger partial charge in [-0.05, 0) is 137 Å². The van der Waals surface area contributed by atoms with Crippen molar-refractivity contribution in [3.8, 4) is 0 Å². The van der Waals surface area contributed by atoms with Gasteiger partial charge in [-0.15, -0.1) is 0 Å². The molecule has 9 aliphatic rings. The number of Topliss-reactive ketones (excluding diaryl/α,β-unsaturated/α-hetero) is 1. The number of aliphatic hydroxyl groups is 6. The first-order valence-corrected chi connectivity index (χ1v) is 34.0. The van der Waals surface area contributed by atoms with Crippen LogP contribution >= 0.6 is 0 Å². The van der Waals surface area contributed by atoms with E-state index in [1.54, 1.807) is 0 Å². The molecule has 19 heteroatoms. The Hall–Kier alpha value is -5.97. The van der Waals surface area contributed by atoms with E-state index in [2.05, 4.69) is 140 Å². The number of rotatable bonds is 17. The van der Waals surface area contributed by atoms with E-state index in [0.29, 0.717) is 50.4 Å². The Morgan fingerprint density at radius 2 is 0.796 bits per heavy atom. The molecule has 8 aliphatic carbocycles. The minimum Gasteiger partial charge on any atom is -0.459 e. The molecule has 1 spiro atoms. The SMILES string of the molecule is CC(F)(F)COC(=O)C12CC3CC(C1)C(=O)C(C3)C2.CC(F)(F)COC(=O)C12CC3CC(C1)C1(OCC(CO)(CO)CO1)C(C3)C2.OCC(CO)(CO)CO.c1ccc([S+](c2ccccc2)c2ccccc2)cc1.c1ccc([SH+]c2ccccc2)cc1.c1ccccc1. The van der Waals surface area contributed by atoms with Gasteiger partial charge < -0.3 is 49.6 Å². The minimum absolute atomic E-state index is 0.00572. The lowest BCUT2D eigenvalue weighted by Crippen LogP contribution is -2.68. The van der Waals surface area contributed by atoms with Crippen LogP contribution in [0.2, 0.25) is 0 Å². The molecule has 0 amide bonds. The van der Waals surface area contributed by atoms with Crippen molar-refractivity contribution < 1.29 is 81.5 Å². The second-order valence-electron chi connectivity index (χ2n) is 26.4. The molecular formula is C74H90F4O13S2+2. The Balaban J connectivity index is 0.000000151. The van der Waals surface area contributed by atoms with Crippen LogP contribution in [0.5, 0.6) is 0 Å². The van der Waals surface area contributed by atoms with Crippen LogP contribution < -0.4 is 0 Å². The summed E-state index contributed by atoms with van der Waals surface area (Å²) in [5.74, 6) is -6.94. The first kappa shape index (κ1) is 72.9. The summed E-state index contributed by atoms with van der Waals surface area (Å²) in [6.45, 7) is -1.92. The lowest BCUT2D eigenvalue weighted by Gasteiger charge is -2.64. The van der Waals surface area contributed by atoms with E-state index in [4.69, 9.17) is 39.4 Å². The fraction of sp³-hybridized carbons (Fsp3) is 0.473. The second-order valence-corrected chi connectivity index (χ2v) is 29.7. The molecule has 13 nitrogen and oxygen atoms in total. The number of hydrogen-bond donors (Lipinski definition) is 6. The fourth-order valence-electron chi connectivity index (χ4n) is 14.1.